The summed E-state index contributed by atoms with van der Waals surface area (Å²) >= 11 is 5.16. The van der Waals surface area contributed by atoms with Crippen molar-refractivity contribution in [1.29, 1.82) is 0 Å². The van der Waals surface area contributed by atoms with E-state index < -0.39 is 5.60 Å². The number of hydrogen-bond acceptors (Lipinski definition) is 3. The summed E-state index contributed by atoms with van der Waals surface area (Å²) in [4.78, 5) is 12.7. The number of thiophene rings is 1. The summed E-state index contributed by atoms with van der Waals surface area (Å²) in [6.07, 6.45) is 0.989. The molecule has 0 saturated heterocycles. The van der Waals surface area contributed by atoms with E-state index in [0.29, 0.717) is 6.47 Å². The summed E-state index contributed by atoms with van der Waals surface area (Å²) in [6, 6.07) is 2.02. The average molecular weight is 277 g/mol. The van der Waals surface area contributed by atoms with Crippen LogP contribution in [0.1, 0.15) is 30.5 Å². The molecule has 0 aliphatic heterocycles. The molecule has 0 unspecified atom stereocenters. The van der Waals surface area contributed by atoms with Crippen molar-refractivity contribution in [3.8, 4) is 0 Å². The monoisotopic (exact) mass is 276 g/mol. The molecule has 0 spiro atoms. The second kappa shape index (κ2) is 4.45. The van der Waals surface area contributed by atoms with E-state index in [1.54, 1.807) is 11.3 Å². The fraction of sp³-hybridized carbons (Fsp3) is 0.500. The minimum atomic E-state index is -0.525. The second-order valence-corrected chi connectivity index (χ2v) is 5.45. The Morgan fingerprint density at radius 3 is 2.71 bits per heavy atom. The van der Waals surface area contributed by atoms with Gasteiger partial charge in [0.15, 0.2) is 0 Å². The van der Waals surface area contributed by atoms with Crippen molar-refractivity contribution in [3.05, 3.63) is 20.3 Å². The van der Waals surface area contributed by atoms with Crippen LogP contribution in [0.25, 0.3) is 0 Å². The van der Waals surface area contributed by atoms with Crippen molar-refractivity contribution >= 4 is 33.7 Å². The van der Waals surface area contributed by atoms with Crippen LogP contribution in [-0.4, -0.2) is 6.47 Å². The third-order valence-electron chi connectivity index (χ3n) is 2.01. The van der Waals surface area contributed by atoms with Gasteiger partial charge in [-0.3, -0.25) is 4.79 Å². The molecule has 0 aliphatic rings. The SMILES string of the molecule is CCc1sc(C(C)(C)OC=O)cc1Br. The minimum absolute atomic E-state index is 0.499. The lowest BCUT2D eigenvalue weighted by atomic mass is 10.1. The zero-order valence-corrected chi connectivity index (χ0v) is 10.9. The molecule has 0 radical (unpaired) electrons. The van der Waals surface area contributed by atoms with Gasteiger partial charge in [-0.05, 0) is 42.3 Å². The highest BCUT2D eigenvalue weighted by atomic mass is 79.9. The standard InChI is InChI=1S/C10H13BrO2S/c1-4-8-7(11)5-9(14-8)10(2,3)13-6-12/h5-6H,4H2,1-3H3. The maximum absolute atomic E-state index is 10.3. The van der Waals surface area contributed by atoms with E-state index in [9.17, 15) is 4.79 Å². The Morgan fingerprint density at radius 2 is 2.29 bits per heavy atom. The van der Waals surface area contributed by atoms with Gasteiger partial charge in [0.25, 0.3) is 6.47 Å². The van der Waals surface area contributed by atoms with E-state index >= 15 is 0 Å². The number of halogens is 1. The van der Waals surface area contributed by atoms with Gasteiger partial charge in [-0.25, -0.2) is 0 Å². The molecular weight excluding hydrogens is 264 g/mol. The number of carbonyl (C=O) groups is 1. The molecule has 2 nitrogen and oxygen atoms in total. The molecule has 1 heterocycles. The number of ether oxygens (including phenoxy) is 1. The summed E-state index contributed by atoms with van der Waals surface area (Å²) in [5.41, 5.74) is -0.525. The zero-order chi connectivity index (χ0) is 10.8. The van der Waals surface area contributed by atoms with Crippen molar-refractivity contribution in [2.75, 3.05) is 0 Å². The van der Waals surface area contributed by atoms with Gasteiger partial charge in [0, 0.05) is 14.2 Å². The van der Waals surface area contributed by atoms with Gasteiger partial charge in [-0.2, -0.15) is 0 Å². The van der Waals surface area contributed by atoms with E-state index in [1.165, 1.54) is 4.88 Å². The van der Waals surface area contributed by atoms with Crippen LogP contribution in [0.3, 0.4) is 0 Å². The molecule has 0 N–H and O–H groups in total. The molecule has 1 aromatic rings. The predicted molar refractivity (Wildman–Crippen MR) is 61.6 cm³/mol. The lowest BCUT2D eigenvalue weighted by Gasteiger charge is -2.20. The second-order valence-electron chi connectivity index (χ2n) is 3.46. The zero-order valence-electron chi connectivity index (χ0n) is 8.46. The third-order valence-corrected chi connectivity index (χ3v) is 4.57. The van der Waals surface area contributed by atoms with Crippen LogP contribution in [-0.2, 0) is 21.6 Å². The summed E-state index contributed by atoms with van der Waals surface area (Å²) in [7, 11) is 0. The molecule has 0 aliphatic carbocycles. The van der Waals surface area contributed by atoms with Gasteiger partial charge in [-0.1, -0.05) is 6.92 Å². The van der Waals surface area contributed by atoms with Crippen molar-refractivity contribution in [3.63, 3.8) is 0 Å². The summed E-state index contributed by atoms with van der Waals surface area (Å²) in [6.45, 7) is 6.38. The van der Waals surface area contributed by atoms with Crippen LogP contribution in [0.2, 0.25) is 0 Å². The Labute approximate surface area is 96.4 Å². The molecule has 1 rings (SSSR count). The van der Waals surface area contributed by atoms with Crippen LogP contribution in [0.5, 0.6) is 0 Å². The van der Waals surface area contributed by atoms with E-state index in [4.69, 9.17) is 4.74 Å². The lowest BCUT2D eigenvalue weighted by Crippen LogP contribution is -2.19. The maximum Gasteiger partial charge on any atom is 0.293 e. The molecule has 0 aromatic carbocycles. The van der Waals surface area contributed by atoms with Gasteiger partial charge < -0.3 is 4.74 Å². The first kappa shape index (κ1) is 11.7. The molecule has 0 bridgehead atoms. The van der Waals surface area contributed by atoms with E-state index in [0.717, 1.165) is 15.8 Å². The Kier molecular flexibility index (Phi) is 3.72. The van der Waals surface area contributed by atoms with Crippen LogP contribution < -0.4 is 0 Å². The Morgan fingerprint density at radius 1 is 1.64 bits per heavy atom. The van der Waals surface area contributed by atoms with E-state index in [-0.39, 0.29) is 0 Å². The smallest absolute Gasteiger partial charge is 0.293 e. The highest BCUT2D eigenvalue weighted by Crippen LogP contribution is 2.36. The van der Waals surface area contributed by atoms with Gasteiger partial charge in [-0.15, -0.1) is 11.3 Å². The highest BCUT2D eigenvalue weighted by molar-refractivity contribution is 9.10. The van der Waals surface area contributed by atoms with Crippen molar-refractivity contribution in [1.82, 2.24) is 0 Å². The lowest BCUT2D eigenvalue weighted by molar-refractivity contribution is -0.140. The Balaban J connectivity index is 3.00. The van der Waals surface area contributed by atoms with Crippen LogP contribution in [0.4, 0.5) is 0 Å². The van der Waals surface area contributed by atoms with Crippen LogP contribution in [0.15, 0.2) is 10.5 Å². The largest absolute Gasteiger partial charge is 0.456 e. The average Bonchev–Trinajstić information content (AvgIpc) is 2.47. The Hall–Kier alpha value is -0.350. The van der Waals surface area contributed by atoms with E-state index in [1.807, 2.05) is 19.9 Å². The normalized spacial score (nSPS) is 11.4. The molecule has 0 amide bonds. The van der Waals surface area contributed by atoms with Gasteiger partial charge in [0.2, 0.25) is 0 Å². The summed E-state index contributed by atoms with van der Waals surface area (Å²) in [5, 5.41) is 0. The van der Waals surface area contributed by atoms with Crippen molar-refractivity contribution in [2.45, 2.75) is 32.8 Å². The number of rotatable bonds is 4. The number of hydrogen-bond donors (Lipinski definition) is 0. The first-order valence-electron chi connectivity index (χ1n) is 4.41. The molecule has 0 saturated carbocycles. The molecule has 4 heteroatoms. The van der Waals surface area contributed by atoms with Gasteiger partial charge >= 0.3 is 0 Å². The molecule has 0 fully saturated rings. The molecular formula is C10H13BrO2S. The highest BCUT2D eigenvalue weighted by Gasteiger charge is 2.25. The summed E-state index contributed by atoms with van der Waals surface area (Å²) < 4.78 is 6.14. The number of aryl methyl sites for hydroxylation is 1. The minimum Gasteiger partial charge on any atom is -0.456 e. The maximum atomic E-state index is 10.3. The molecule has 1 aromatic heterocycles. The fourth-order valence-electron chi connectivity index (χ4n) is 1.12. The fourth-order valence-corrected chi connectivity index (χ4v) is 3.06. The quantitative estimate of drug-likeness (QED) is 0.787. The molecule has 0 atom stereocenters. The number of carbonyl (C=O) groups excluding carboxylic acids is 1. The molecule has 14 heavy (non-hydrogen) atoms. The van der Waals surface area contributed by atoms with Crippen LogP contribution in [0, 0.1) is 0 Å². The first-order chi connectivity index (χ1) is 6.51. The van der Waals surface area contributed by atoms with Crippen molar-refractivity contribution < 1.29 is 9.53 Å². The van der Waals surface area contributed by atoms with Gasteiger partial charge in [0.1, 0.15) is 5.60 Å². The van der Waals surface area contributed by atoms with Crippen molar-refractivity contribution in [2.24, 2.45) is 0 Å². The van der Waals surface area contributed by atoms with Gasteiger partial charge in [0.05, 0.1) is 0 Å². The molecule has 78 valence electrons. The summed E-state index contributed by atoms with van der Waals surface area (Å²) in [5.74, 6) is 0. The topological polar surface area (TPSA) is 26.3 Å². The Bertz CT molecular complexity index is 331. The van der Waals surface area contributed by atoms with Crippen LogP contribution >= 0.6 is 27.3 Å². The predicted octanol–water partition coefficient (Wildman–Crippen LogP) is 3.48. The van der Waals surface area contributed by atoms with E-state index in [2.05, 4.69) is 22.9 Å². The third kappa shape index (κ3) is 2.36. The first-order valence-corrected chi connectivity index (χ1v) is 6.02.